The summed E-state index contributed by atoms with van der Waals surface area (Å²) < 4.78 is 0. The molecule has 0 aliphatic rings. The van der Waals surface area contributed by atoms with E-state index in [9.17, 15) is 0 Å². The zero-order valence-electron chi connectivity index (χ0n) is 11.9. The van der Waals surface area contributed by atoms with Crippen LogP contribution in [0.1, 0.15) is 66.2 Å². The maximum atomic E-state index is 7.02. The zero-order valence-corrected chi connectivity index (χ0v) is 13.5. The standard InChI is InChI=1S/C14H32ClP/c1-5-9-10-11-12-13-14-16(15,6-2,7-3)8-4/h5-14H2,1-4H3. The number of hydrogen-bond donors (Lipinski definition) is 0. The first-order valence-electron chi connectivity index (χ1n) is 7.26. The molecule has 0 aromatic heterocycles. The third-order valence-corrected chi connectivity index (χ3v) is 13.3. The Balaban J connectivity index is 3.87. The summed E-state index contributed by atoms with van der Waals surface area (Å²) in [6, 6.07) is 0. The van der Waals surface area contributed by atoms with Crippen molar-refractivity contribution in [2.24, 2.45) is 0 Å². The molecule has 0 N–H and O–H groups in total. The Morgan fingerprint density at radius 2 is 1.12 bits per heavy atom. The van der Waals surface area contributed by atoms with Crippen LogP contribution in [-0.4, -0.2) is 24.6 Å². The summed E-state index contributed by atoms with van der Waals surface area (Å²) in [4.78, 5) is 0. The Hall–Kier alpha value is 0.720. The topological polar surface area (TPSA) is 0 Å². The van der Waals surface area contributed by atoms with E-state index in [1.165, 1.54) is 63.2 Å². The summed E-state index contributed by atoms with van der Waals surface area (Å²) in [5.74, 6) is -1.78. The zero-order chi connectivity index (χ0) is 12.5. The second-order valence-corrected chi connectivity index (χ2v) is 14.1. The first-order valence-corrected chi connectivity index (χ1v) is 11.1. The SMILES string of the molecule is CCCCCCCCP(Cl)(CC)(CC)CC. The number of halogens is 1. The van der Waals surface area contributed by atoms with Crippen LogP contribution in [0, 0.1) is 0 Å². The fourth-order valence-corrected chi connectivity index (χ4v) is 6.10. The van der Waals surface area contributed by atoms with Crippen LogP contribution in [0.2, 0.25) is 0 Å². The Kier molecular flexibility index (Phi) is 8.29. The minimum absolute atomic E-state index is 1.23. The van der Waals surface area contributed by atoms with Crippen LogP contribution in [0.25, 0.3) is 0 Å². The van der Waals surface area contributed by atoms with Crippen molar-refractivity contribution < 1.29 is 0 Å². The molecule has 0 aliphatic carbocycles. The van der Waals surface area contributed by atoms with Gasteiger partial charge in [-0.15, -0.1) is 0 Å². The van der Waals surface area contributed by atoms with E-state index in [2.05, 4.69) is 27.7 Å². The van der Waals surface area contributed by atoms with Gasteiger partial charge in [-0.2, -0.15) is 0 Å². The summed E-state index contributed by atoms with van der Waals surface area (Å²) >= 11 is 7.02. The molecule has 0 saturated heterocycles. The van der Waals surface area contributed by atoms with Crippen molar-refractivity contribution in [1.82, 2.24) is 0 Å². The van der Waals surface area contributed by atoms with Crippen molar-refractivity contribution in [3.05, 3.63) is 0 Å². The van der Waals surface area contributed by atoms with Crippen molar-refractivity contribution in [2.75, 3.05) is 24.6 Å². The minimum atomic E-state index is -1.78. The number of unbranched alkanes of at least 4 members (excludes halogenated alkanes) is 5. The molecule has 0 nitrogen and oxygen atoms in total. The monoisotopic (exact) mass is 266 g/mol. The second-order valence-electron chi connectivity index (χ2n) is 5.26. The molecule has 0 unspecified atom stereocenters. The van der Waals surface area contributed by atoms with Crippen LogP contribution in [0.15, 0.2) is 0 Å². The first-order chi connectivity index (χ1) is 7.54. The molecule has 0 bridgehead atoms. The second kappa shape index (κ2) is 7.93. The van der Waals surface area contributed by atoms with Crippen molar-refractivity contribution >= 4 is 17.2 Å². The molecule has 0 atom stereocenters. The Morgan fingerprint density at radius 3 is 1.56 bits per heavy atom. The van der Waals surface area contributed by atoms with Gasteiger partial charge in [-0.25, -0.2) is 0 Å². The molecule has 100 valence electrons. The van der Waals surface area contributed by atoms with Gasteiger partial charge in [-0.05, 0) is 0 Å². The predicted octanol–water partition coefficient (Wildman–Crippen LogP) is 6.11. The third kappa shape index (κ3) is 5.37. The molecule has 0 fully saturated rings. The average molecular weight is 267 g/mol. The Bertz CT molecular complexity index is 165. The first kappa shape index (κ1) is 16.7. The fourth-order valence-electron chi connectivity index (χ4n) is 2.43. The molecular formula is C14H32ClP. The normalized spacial score (nSPS) is 14.7. The molecular weight excluding hydrogens is 235 g/mol. The predicted molar refractivity (Wildman–Crippen MR) is 82.6 cm³/mol. The van der Waals surface area contributed by atoms with Crippen molar-refractivity contribution in [1.29, 1.82) is 0 Å². The average Bonchev–Trinajstić information content (AvgIpc) is 2.34. The van der Waals surface area contributed by atoms with Gasteiger partial charge in [0.05, 0.1) is 0 Å². The quantitative estimate of drug-likeness (QED) is 0.330. The third-order valence-electron chi connectivity index (χ3n) is 4.44. The summed E-state index contributed by atoms with van der Waals surface area (Å²) in [7, 11) is 0. The van der Waals surface area contributed by atoms with Crippen LogP contribution in [0.5, 0.6) is 0 Å². The molecule has 2 heteroatoms. The van der Waals surface area contributed by atoms with E-state index in [1.54, 1.807) is 0 Å². The van der Waals surface area contributed by atoms with Crippen molar-refractivity contribution in [3.8, 4) is 0 Å². The maximum absolute atomic E-state index is 7.02. The summed E-state index contributed by atoms with van der Waals surface area (Å²) in [6.07, 6.45) is 13.3. The molecule has 0 spiro atoms. The molecule has 0 aliphatic heterocycles. The summed E-state index contributed by atoms with van der Waals surface area (Å²) in [5.41, 5.74) is 0. The van der Waals surface area contributed by atoms with Gasteiger partial charge < -0.3 is 0 Å². The van der Waals surface area contributed by atoms with Crippen LogP contribution in [0.4, 0.5) is 0 Å². The van der Waals surface area contributed by atoms with Crippen LogP contribution in [0.3, 0.4) is 0 Å². The van der Waals surface area contributed by atoms with E-state index in [1.807, 2.05) is 0 Å². The molecule has 0 aromatic rings. The van der Waals surface area contributed by atoms with Crippen LogP contribution < -0.4 is 0 Å². The summed E-state index contributed by atoms with van der Waals surface area (Å²) in [5, 5.41) is 0. The Morgan fingerprint density at radius 1 is 0.688 bits per heavy atom. The van der Waals surface area contributed by atoms with E-state index in [0.29, 0.717) is 0 Å². The van der Waals surface area contributed by atoms with E-state index < -0.39 is 5.96 Å². The van der Waals surface area contributed by atoms with Gasteiger partial charge in [0.1, 0.15) is 0 Å². The molecule has 16 heavy (non-hydrogen) atoms. The number of hydrogen-bond acceptors (Lipinski definition) is 0. The van der Waals surface area contributed by atoms with E-state index in [4.69, 9.17) is 11.2 Å². The van der Waals surface area contributed by atoms with E-state index in [-0.39, 0.29) is 0 Å². The Labute approximate surface area is 108 Å². The van der Waals surface area contributed by atoms with Gasteiger partial charge in [-0.1, -0.05) is 0 Å². The molecule has 0 radical (unpaired) electrons. The fraction of sp³-hybridized carbons (Fsp3) is 1.00. The molecule has 0 heterocycles. The van der Waals surface area contributed by atoms with E-state index in [0.717, 1.165) is 0 Å². The number of rotatable bonds is 10. The van der Waals surface area contributed by atoms with Crippen LogP contribution in [-0.2, 0) is 0 Å². The molecule has 0 saturated carbocycles. The van der Waals surface area contributed by atoms with Gasteiger partial charge in [0.25, 0.3) is 0 Å². The molecule has 0 amide bonds. The van der Waals surface area contributed by atoms with E-state index >= 15 is 0 Å². The van der Waals surface area contributed by atoms with Gasteiger partial charge in [0, 0.05) is 0 Å². The molecule has 0 rings (SSSR count). The van der Waals surface area contributed by atoms with Crippen LogP contribution >= 0.6 is 17.2 Å². The van der Waals surface area contributed by atoms with Gasteiger partial charge in [0.15, 0.2) is 0 Å². The van der Waals surface area contributed by atoms with Gasteiger partial charge in [-0.3, -0.25) is 0 Å². The van der Waals surface area contributed by atoms with Crippen molar-refractivity contribution in [3.63, 3.8) is 0 Å². The molecule has 0 aromatic carbocycles. The summed E-state index contributed by atoms with van der Waals surface area (Å²) in [6.45, 7) is 9.18. The van der Waals surface area contributed by atoms with Gasteiger partial charge >= 0.3 is 108 Å². The van der Waals surface area contributed by atoms with Gasteiger partial charge in [0.2, 0.25) is 0 Å². The van der Waals surface area contributed by atoms with Crippen molar-refractivity contribution in [2.45, 2.75) is 66.2 Å².